The molecule has 1 aliphatic heterocycles. The van der Waals surface area contributed by atoms with Crippen molar-refractivity contribution in [2.24, 2.45) is 5.92 Å². The third-order valence-corrected chi connectivity index (χ3v) is 6.59. The molecule has 0 aromatic carbocycles. The van der Waals surface area contributed by atoms with Gasteiger partial charge in [-0.05, 0) is 32.1 Å². The first-order chi connectivity index (χ1) is 12.0. The van der Waals surface area contributed by atoms with Crippen LogP contribution in [0.25, 0.3) is 0 Å². The standard InChI is InChI=1S/C15H20F3NO6S/c1-3-25-13(20)12-7-10-6-11(26(22,23)15(16,17)18)5-4-9(10)8-19(12)14(21)24-2/h4,10-12H,3,5-8H2,1-2H3. The van der Waals surface area contributed by atoms with Gasteiger partial charge in [0, 0.05) is 6.54 Å². The molecule has 1 aliphatic carbocycles. The molecule has 3 atom stereocenters. The number of hydrogen-bond donors (Lipinski definition) is 0. The average Bonchev–Trinajstić information content (AvgIpc) is 2.58. The van der Waals surface area contributed by atoms with Gasteiger partial charge >= 0.3 is 17.6 Å². The van der Waals surface area contributed by atoms with E-state index in [1.54, 1.807) is 6.92 Å². The maximum Gasteiger partial charge on any atom is 0.497 e. The minimum absolute atomic E-state index is 0.0103. The van der Waals surface area contributed by atoms with Gasteiger partial charge in [-0.1, -0.05) is 11.6 Å². The summed E-state index contributed by atoms with van der Waals surface area (Å²) in [5.41, 5.74) is -4.69. The van der Waals surface area contributed by atoms with Crippen molar-refractivity contribution in [2.45, 2.75) is 43.0 Å². The number of amides is 1. The van der Waals surface area contributed by atoms with E-state index in [0.717, 1.165) is 12.0 Å². The van der Waals surface area contributed by atoms with E-state index in [-0.39, 0.29) is 32.4 Å². The fourth-order valence-corrected chi connectivity index (χ4v) is 4.59. The molecule has 0 spiro atoms. The van der Waals surface area contributed by atoms with Gasteiger partial charge in [0.05, 0.1) is 19.0 Å². The molecule has 1 amide bonds. The minimum atomic E-state index is -5.32. The van der Waals surface area contributed by atoms with Gasteiger partial charge in [0.25, 0.3) is 9.84 Å². The van der Waals surface area contributed by atoms with Gasteiger partial charge in [-0.25, -0.2) is 18.0 Å². The molecule has 1 heterocycles. The van der Waals surface area contributed by atoms with Crippen molar-refractivity contribution >= 4 is 21.9 Å². The molecule has 0 radical (unpaired) electrons. The van der Waals surface area contributed by atoms with Gasteiger partial charge in [0.1, 0.15) is 6.04 Å². The maximum atomic E-state index is 12.8. The summed E-state index contributed by atoms with van der Waals surface area (Å²) in [6.07, 6.45) is 0.112. The van der Waals surface area contributed by atoms with Crippen LogP contribution < -0.4 is 0 Å². The molecular formula is C15H20F3NO6S. The highest BCUT2D eigenvalue weighted by molar-refractivity contribution is 7.92. The molecule has 2 rings (SSSR count). The molecule has 148 valence electrons. The van der Waals surface area contributed by atoms with Crippen molar-refractivity contribution in [1.82, 2.24) is 4.90 Å². The summed E-state index contributed by atoms with van der Waals surface area (Å²) < 4.78 is 71.4. The smallest absolute Gasteiger partial charge is 0.464 e. The third-order valence-electron chi connectivity index (χ3n) is 4.68. The van der Waals surface area contributed by atoms with Crippen LogP contribution in [0.1, 0.15) is 26.2 Å². The van der Waals surface area contributed by atoms with E-state index >= 15 is 0 Å². The highest BCUT2D eigenvalue weighted by atomic mass is 32.2. The molecule has 2 aliphatic rings. The van der Waals surface area contributed by atoms with E-state index < -0.39 is 44.6 Å². The number of allylic oxidation sites excluding steroid dienone is 1. The summed E-state index contributed by atoms with van der Waals surface area (Å²) in [5.74, 6) is -1.25. The van der Waals surface area contributed by atoms with Crippen molar-refractivity contribution < 1.29 is 40.7 Å². The SMILES string of the molecule is CCOC(=O)C1CC2CC(S(=O)(=O)C(F)(F)F)CC=C2CN1C(=O)OC. The number of alkyl halides is 3. The molecule has 0 N–H and O–H groups in total. The predicted octanol–water partition coefficient (Wildman–Crippen LogP) is 2.03. The normalized spacial score (nSPS) is 26.6. The van der Waals surface area contributed by atoms with Crippen LogP contribution in [0.15, 0.2) is 11.6 Å². The number of rotatable bonds is 3. The molecule has 1 fully saturated rings. The highest BCUT2D eigenvalue weighted by Gasteiger charge is 2.52. The second kappa shape index (κ2) is 7.45. The van der Waals surface area contributed by atoms with E-state index in [1.807, 2.05) is 0 Å². The fourth-order valence-electron chi connectivity index (χ4n) is 3.37. The van der Waals surface area contributed by atoms with Crippen molar-refractivity contribution in [2.75, 3.05) is 20.3 Å². The zero-order valence-corrected chi connectivity index (χ0v) is 15.1. The molecule has 1 saturated heterocycles. The first-order valence-electron chi connectivity index (χ1n) is 8.03. The van der Waals surface area contributed by atoms with Crippen LogP contribution in [0.5, 0.6) is 0 Å². The number of carbonyl (C=O) groups excluding carboxylic acids is 2. The molecule has 0 aromatic rings. The third kappa shape index (κ3) is 3.81. The molecule has 7 nitrogen and oxygen atoms in total. The predicted molar refractivity (Wildman–Crippen MR) is 83.7 cm³/mol. The number of carbonyl (C=O) groups is 2. The van der Waals surface area contributed by atoms with E-state index in [1.165, 1.54) is 6.08 Å². The first kappa shape index (κ1) is 20.5. The molecule has 11 heteroatoms. The summed E-state index contributed by atoms with van der Waals surface area (Å²) in [6.45, 7) is 1.64. The Morgan fingerprint density at radius 1 is 1.31 bits per heavy atom. The minimum Gasteiger partial charge on any atom is -0.464 e. The summed E-state index contributed by atoms with van der Waals surface area (Å²) in [4.78, 5) is 25.2. The summed E-state index contributed by atoms with van der Waals surface area (Å²) >= 11 is 0. The Kier molecular flexibility index (Phi) is 5.89. The summed E-state index contributed by atoms with van der Waals surface area (Å²) in [5, 5.41) is -1.59. The lowest BCUT2D eigenvalue weighted by molar-refractivity contribution is -0.150. The Labute approximate surface area is 149 Å². The lowest BCUT2D eigenvalue weighted by atomic mass is 9.79. The van der Waals surface area contributed by atoms with Crippen molar-refractivity contribution in [1.29, 1.82) is 0 Å². The van der Waals surface area contributed by atoms with Gasteiger partial charge in [-0.15, -0.1) is 0 Å². The second-order valence-corrected chi connectivity index (χ2v) is 8.38. The van der Waals surface area contributed by atoms with E-state index in [2.05, 4.69) is 4.74 Å². The molecule has 0 aromatic heterocycles. The van der Waals surface area contributed by atoms with Crippen molar-refractivity contribution in [3.05, 3.63) is 11.6 Å². The summed E-state index contributed by atoms with van der Waals surface area (Å²) in [6, 6.07) is -1.03. The van der Waals surface area contributed by atoms with Crippen molar-refractivity contribution in [3.63, 3.8) is 0 Å². The monoisotopic (exact) mass is 399 g/mol. The number of nitrogens with zero attached hydrogens (tertiary/aromatic N) is 1. The summed E-state index contributed by atoms with van der Waals surface area (Å²) in [7, 11) is -4.15. The Morgan fingerprint density at radius 3 is 2.50 bits per heavy atom. The zero-order valence-electron chi connectivity index (χ0n) is 14.3. The highest BCUT2D eigenvalue weighted by Crippen LogP contribution is 2.41. The number of sulfone groups is 1. The number of halogens is 3. The number of piperidine rings is 1. The second-order valence-electron chi connectivity index (χ2n) is 6.16. The number of esters is 1. The largest absolute Gasteiger partial charge is 0.497 e. The number of hydrogen-bond acceptors (Lipinski definition) is 6. The van der Waals surface area contributed by atoms with Crippen LogP contribution in [0.3, 0.4) is 0 Å². The van der Waals surface area contributed by atoms with Gasteiger partial charge in [0.15, 0.2) is 0 Å². The van der Waals surface area contributed by atoms with Gasteiger partial charge in [0.2, 0.25) is 0 Å². The van der Waals surface area contributed by atoms with Crippen molar-refractivity contribution in [3.8, 4) is 0 Å². The van der Waals surface area contributed by atoms with Gasteiger partial charge in [-0.3, -0.25) is 4.90 Å². The number of fused-ring (bicyclic) bond motifs is 1. The number of methoxy groups -OCH3 is 1. The lowest BCUT2D eigenvalue weighted by Crippen LogP contribution is -2.53. The Hall–Kier alpha value is -1.78. The molecule has 0 saturated carbocycles. The number of ether oxygens (including phenoxy) is 2. The Balaban J connectivity index is 2.28. The topological polar surface area (TPSA) is 90.0 Å². The first-order valence-corrected chi connectivity index (χ1v) is 9.57. The van der Waals surface area contributed by atoms with E-state index in [9.17, 15) is 31.2 Å². The molecule has 3 unspecified atom stereocenters. The van der Waals surface area contributed by atoms with Gasteiger partial charge in [-0.2, -0.15) is 13.2 Å². The van der Waals surface area contributed by atoms with Crippen LogP contribution in [-0.2, 0) is 24.1 Å². The average molecular weight is 399 g/mol. The van der Waals surface area contributed by atoms with Crippen LogP contribution in [0, 0.1) is 5.92 Å². The van der Waals surface area contributed by atoms with Gasteiger partial charge < -0.3 is 9.47 Å². The molecule has 0 bridgehead atoms. The lowest BCUT2D eigenvalue weighted by Gasteiger charge is -2.41. The van der Waals surface area contributed by atoms with Crippen LogP contribution >= 0.6 is 0 Å². The fraction of sp³-hybridized carbons (Fsp3) is 0.733. The van der Waals surface area contributed by atoms with E-state index in [0.29, 0.717) is 5.57 Å². The Bertz CT molecular complexity index is 703. The van der Waals surface area contributed by atoms with Crippen LogP contribution in [0.4, 0.5) is 18.0 Å². The van der Waals surface area contributed by atoms with E-state index in [4.69, 9.17) is 4.74 Å². The van der Waals surface area contributed by atoms with Crippen LogP contribution in [0.2, 0.25) is 0 Å². The number of likely N-dealkylation sites (tertiary alicyclic amines) is 1. The Morgan fingerprint density at radius 2 is 1.96 bits per heavy atom. The zero-order chi connectivity index (χ0) is 19.7. The molecular weight excluding hydrogens is 379 g/mol. The quantitative estimate of drug-likeness (QED) is 0.533. The molecule has 26 heavy (non-hydrogen) atoms. The maximum absolute atomic E-state index is 12.8. The van der Waals surface area contributed by atoms with Crippen LogP contribution in [-0.4, -0.2) is 62.4 Å².